The highest BCUT2D eigenvalue weighted by molar-refractivity contribution is 14.2. The lowest BCUT2D eigenvalue weighted by Crippen LogP contribution is -2.45. The highest BCUT2D eigenvalue weighted by Gasteiger charge is 2.38. The molecule has 1 aliphatic rings. The molecule has 1 rings (SSSR count). The SMILES string of the molecule is C.C.C=C[C@H](C)[C@H](O)[C@@H](C)C(=O)O.CC1OC(=O)[C@H](C)[C@@H](O)[C@H]1C.S=PI.[3H]O[C@@H]([C@@H](C)C=O)[C@@H](C)C(C)=O. The largest absolute Gasteiger partial charge is 0.481 e. The van der Waals surface area contributed by atoms with Crippen molar-refractivity contribution in [3.63, 3.8) is 0 Å². The molecule has 0 aromatic carbocycles. The number of hydrogen-bond acceptors (Lipinski definition) is 9. The van der Waals surface area contributed by atoms with Crippen LogP contribution in [0.25, 0.3) is 0 Å². The maximum atomic E-state index is 11.0. The van der Waals surface area contributed by atoms with Crippen LogP contribution in [0.3, 0.4) is 0 Å². The minimum Gasteiger partial charge on any atom is -0.481 e. The standard InChI is InChI=1S/3C8H14O3.2CH4.IPS/c1-4-6(3)11-8(10)5(2)7(4)9;1-5(4-9)8(11)6(2)7(3)10;1-4-5(2)7(9)6(3)8(10)11;;;1-2-3/h4-7,9H,1-3H3;4-6,8,11H,1-3H3;4-7,9H,1H2,2-3H3,(H,10,11);2*1H4;/t4-,5+,6?,7-;5-,6-,8-;5-,6+,7-;;;/m000.../s1/i;11T;;;;. The van der Waals surface area contributed by atoms with Crippen molar-refractivity contribution in [3.05, 3.63) is 12.7 Å². The average Bonchev–Trinajstić information content (AvgIpc) is 2.86. The van der Waals surface area contributed by atoms with Crippen LogP contribution in [0.2, 0.25) is 0 Å². The van der Waals surface area contributed by atoms with E-state index in [4.69, 9.17) is 11.3 Å². The number of carboxylic acids is 1. The summed E-state index contributed by atoms with van der Waals surface area (Å²) in [7, 11) is 0. The number of rotatable bonds is 9. The molecule has 0 aromatic heterocycles. The van der Waals surface area contributed by atoms with Crippen LogP contribution >= 0.6 is 27.0 Å². The van der Waals surface area contributed by atoms with Crippen LogP contribution in [0.15, 0.2) is 12.7 Å². The minimum atomic E-state index is -0.980. The number of carboxylic acid groups (broad SMARTS) is 1. The molecule has 12 heteroatoms. The highest BCUT2D eigenvalue weighted by atomic mass is 127. The molecule has 0 spiro atoms. The Bertz CT molecular complexity index is 732. The molecule has 0 aliphatic carbocycles. The fraction of sp³-hybridized carbons (Fsp3) is 0.769. The van der Waals surface area contributed by atoms with Crippen molar-refractivity contribution in [2.45, 2.75) is 94.7 Å². The molecule has 38 heavy (non-hydrogen) atoms. The fourth-order valence-electron chi connectivity index (χ4n) is 2.78. The van der Waals surface area contributed by atoms with Gasteiger partial charge in [0.25, 0.3) is 0 Å². The van der Waals surface area contributed by atoms with E-state index in [0.717, 1.165) is 5.00 Å². The Morgan fingerprint density at radius 1 is 1.13 bits per heavy atom. The van der Waals surface area contributed by atoms with E-state index in [-0.39, 0.29) is 50.5 Å². The lowest BCUT2D eigenvalue weighted by Gasteiger charge is -2.34. The summed E-state index contributed by atoms with van der Waals surface area (Å²) >= 11 is 6.43. The number of Topliss-reactive ketones (excluding diaryl/α,β-unsaturated/α-hetero) is 1. The summed E-state index contributed by atoms with van der Waals surface area (Å²) in [5, 5.41) is 31.6. The summed E-state index contributed by atoms with van der Waals surface area (Å²) < 4.78 is 11.7. The number of halogens is 1. The highest BCUT2D eigenvalue weighted by Crippen LogP contribution is 2.25. The van der Waals surface area contributed by atoms with Crippen LogP contribution in [0.1, 0.15) is 70.2 Å². The van der Waals surface area contributed by atoms with Gasteiger partial charge in [0.05, 0.1) is 30.1 Å². The normalized spacial score (nSPS) is 24.7. The first-order chi connectivity index (χ1) is 17.0. The van der Waals surface area contributed by atoms with E-state index in [1.165, 1.54) is 13.8 Å². The zero-order valence-corrected chi connectivity index (χ0v) is 26.0. The molecule has 1 saturated heterocycles. The number of ether oxygens (including phenoxy) is 1. The van der Waals surface area contributed by atoms with Crippen LogP contribution in [-0.2, 0) is 35.7 Å². The van der Waals surface area contributed by atoms with Crippen LogP contribution in [0.5, 0.6) is 0 Å². The van der Waals surface area contributed by atoms with Gasteiger partial charge in [0.15, 0.2) is 0 Å². The third-order valence-electron chi connectivity index (χ3n) is 6.14. The number of cyclic esters (lactones) is 1. The summed E-state index contributed by atoms with van der Waals surface area (Å²) in [5.74, 6) is -3.40. The van der Waals surface area contributed by atoms with E-state index in [9.17, 15) is 29.4 Å². The Balaban J connectivity index is -0.000000137. The first-order valence-electron chi connectivity index (χ1n) is 11.8. The second-order valence-corrected chi connectivity index (χ2v) is 13.0. The van der Waals surface area contributed by atoms with Gasteiger partial charge in [0.2, 0.25) is 1.43 Å². The molecule has 226 valence electrons. The third-order valence-corrected chi connectivity index (χ3v) is 6.14. The van der Waals surface area contributed by atoms with Crippen molar-refractivity contribution in [2.24, 2.45) is 35.5 Å². The quantitative estimate of drug-likeness (QED) is 0.0860. The van der Waals surface area contributed by atoms with Gasteiger partial charge in [-0.1, -0.05) is 48.6 Å². The Kier molecular flexibility index (Phi) is 29.2. The van der Waals surface area contributed by atoms with Gasteiger partial charge in [-0.15, -0.1) is 6.58 Å². The van der Waals surface area contributed by atoms with E-state index in [2.05, 4.69) is 45.5 Å². The number of aldehydes is 1. The van der Waals surface area contributed by atoms with E-state index < -0.39 is 42.0 Å². The van der Waals surface area contributed by atoms with Gasteiger partial charge in [-0.2, -0.15) is 0 Å². The van der Waals surface area contributed by atoms with E-state index in [1.54, 1.807) is 40.7 Å². The van der Waals surface area contributed by atoms with E-state index in [0.29, 0.717) is 6.29 Å². The summed E-state index contributed by atoms with van der Waals surface area (Å²) in [4.78, 5) is 43.6. The maximum Gasteiger partial charge on any atom is 0.311 e. The number of esters is 1. The van der Waals surface area contributed by atoms with Crippen molar-refractivity contribution in [1.82, 2.24) is 0 Å². The van der Waals surface area contributed by atoms with Crippen LogP contribution in [-0.4, -0.2) is 70.3 Å². The van der Waals surface area contributed by atoms with Crippen LogP contribution in [0.4, 0.5) is 0 Å². The average molecular weight is 699 g/mol. The number of carbonyl (C=O) groups is 4. The molecule has 0 aromatic rings. The van der Waals surface area contributed by atoms with Crippen molar-refractivity contribution < 1.29 is 44.3 Å². The lowest BCUT2D eigenvalue weighted by molar-refractivity contribution is -0.175. The molecule has 1 unspecified atom stereocenters. The Hall–Kier alpha value is -0.850. The van der Waals surface area contributed by atoms with Gasteiger partial charge in [-0.05, 0) is 61.5 Å². The monoisotopic (exact) mass is 698 g/mol. The van der Waals surface area contributed by atoms with Gasteiger partial charge in [0, 0.05) is 28.7 Å². The molecule has 1 aliphatic heterocycles. The Labute approximate surface area is 250 Å². The van der Waals surface area contributed by atoms with Crippen molar-refractivity contribution >= 4 is 62.9 Å². The molecule has 1 fully saturated rings. The molecule has 1 heterocycles. The smallest absolute Gasteiger partial charge is 0.311 e. The minimum absolute atomic E-state index is 0. The van der Waals surface area contributed by atoms with Gasteiger partial charge < -0.3 is 30.0 Å². The first kappa shape index (κ1) is 44.2. The van der Waals surface area contributed by atoms with Crippen molar-refractivity contribution in [1.29, 1.82) is 1.43 Å². The number of aliphatic hydroxyl groups is 3. The summed E-state index contributed by atoms with van der Waals surface area (Å²) in [6, 6.07) is 0. The van der Waals surface area contributed by atoms with Gasteiger partial charge >= 0.3 is 11.9 Å². The third kappa shape index (κ3) is 18.4. The maximum absolute atomic E-state index is 11.0. The molecule has 10 atom stereocenters. The second-order valence-electron chi connectivity index (χ2n) is 8.92. The summed E-state index contributed by atoms with van der Waals surface area (Å²) in [6.07, 6.45) is 0.0629. The predicted octanol–water partition coefficient (Wildman–Crippen LogP) is 4.88. The van der Waals surface area contributed by atoms with Crippen LogP contribution < -0.4 is 0 Å². The Morgan fingerprint density at radius 3 is 1.89 bits per heavy atom. The number of ketones is 1. The first-order valence-corrected chi connectivity index (χ1v) is 16.1. The molecule has 4 N–H and O–H groups in total. The van der Waals surface area contributed by atoms with Crippen LogP contribution in [0, 0.1) is 35.5 Å². The molecule has 0 bridgehead atoms. The molecule has 0 radical (unpaired) electrons. The Morgan fingerprint density at radius 2 is 1.58 bits per heavy atom. The zero-order valence-electron chi connectivity index (χ0n) is 23.2. The van der Waals surface area contributed by atoms with E-state index in [1.807, 2.05) is 6.92 Å². The molecule has 0 amide bonds. The molecule has 9 nitrogen and oxygen atoms in total. The fourth-order valence-corrected chi connectivity index (χ4v) is 2.78. The summed E-state index contributed by atoms with van der Waals surface area (Å²) in [5.41, 5.74) is 0. The second kappa shape index (κ2) is 25.1. The predicted molar refractivity (Wildman–Crippen MR) is 165 cm³/mol. The van der Waals surface area contributed by atoms with E-state index >= 15 is 0 Å². The van der Waals surface area contributed by atoms with Gasteiger partial charge in [-0.3, -0.25) is 14.4 Å². The zero-order chi connectivity index (χ0) is 30.0. The topological polar surface area (TPSA) is 158 Å². The molecular weight excluding hydrogens is 646 g/mol. The number of aliphatic carboxylic acids is 1. The lowest BCUT2D eigenvalue weighted by atomic mass is 9.87. The number of aliphatic hydroxyl groups excluding tert-OH is 3. The molecule has 0 saturated carbocycles. The van der Waals surface area contributed by atoms with Crippen molar-refractivity contribution in [3.8, 4) is 0 Å². The van der Waals surface area contributed by atoms with Gasteiger partial charge in [-0.25, -0.2) is 0 Å². The number of hydrogen-bond donors (Lipinski definition) is 4. The van der Waals surface area contributed by atoms with Crippen molar-refractivity contribution in [2.75, 3.05) is 0 Å². The number of carbonyl (C=O) groups excluding carboxylic acids is 3. The summed E-state index contributed by atoms with van der Waals surface area (Å²) in [6.45, 7) is 16.8. The van der Waals surface area contributed by atoms with Gasteiger partial charge in [0.1, 0.15) is 18.2 Å². The molecular formula is C26H50IO9PS.